The smallest absolute Gasteiger partial charge is 0.164 e. The van der Waals surface area contributed by atoms with Crippen molar-refractivity contribution in [1.29, 1.82) is 0 Å². The number of hydrogen-bond acceptors (Lipinski definition) is 4. The molecule has 0 amide bonds. The molecule has 1 aliphatic carbocycles. The number of nitrogens with zero attached hydrogens (tertiary/aromatic N) is 3. The minimum absolute atomic E-state index is 0.635. The summed E-state index contributed by atoms with van der Waals surface area (Å²) in [5.41, 5.74) is 9.42. The van der Waals surface area contributed by atoms with Crippen LogP contribution in [0.4, 0.5) is 0 Å². The van der Waals surface area contributed by atoms with E-state index in [2.05, 4.69) is 152 Å². The van der Waals surface area contributed by atoms with Gasteiger partial charge >= 0.3 is 0 Å². The van der Waals surface area contributed by atoms with Crippen LogP contribution in [0.25, 0.3) is 106 Å². The van der Waals surface area contributed by atoms with Crippen LogP contribution in [0.1, 0.15) is 17.5 Å². The maximum atomic E-state index is 6.34. The number of hydrogen-bond donors (Lipinski definition) is 0. The number of furan rings is 1. The summed E-state index contributed by atoms with van der Waals surface area (Å²) < 4.78 is 6.34. The van der Waals surface area contributed by atoms with Gasteiger partial charge in [-0.15, -0.1) is 0 Å². The molecule has 4 heteroatoms. The Bertz CT molecular complexity index is 3130. The van der Waals surface area contributed by atoms with Gasteiger partial charge in [0.05, 0.1) is 0 Å². The molecule has 0 radical (unpaired) electrons. The zero-order chi connectivity index (χ0) is 34.9. The van der Waals surface area contributed by atoms with Gasteiger partial charge in [-0.25, -0.2) is 15.0 Å². The number of benzene rings is 8. The first-order valence-electron chi connectivity index (χ1n) is 18.2. The predicted molar refractivity (Wildman–Crippen MR) is 219 cm³/mol. The third-order valence-electron chi connectivity index (χ3n) is 10.7. The maximum absolute atomic E-state index is 6.34. The van der Waals surface area contributed by atoms with E-state index in [-0.39, 0.29) is 0 Å². The zero-order valence-electron chi connectivity index (χ0n) is 28.8. The van der Waals surface area contributed by atoms with Gasteiger partial charge in [-0.3, -0.25) is 0 Å². The minimum Gasteiger partial charge on any atom is -0.456 e. The average Bonchev–Trinajstić information content (AvgIpc) is 3.62. The summed E-state index contributed by atoms with van der Waals surface area (Å²) in [5, 5.41) is 9.29. The molecule has 11 rings (SSSR count). The fraction of sp³-hybridized carbons (Fsp3) is 0.0408. The topological polar surface area (TPSA) is 51.8 Å². The standard InChI is InChI=1S/C49H31N3O/c1-2-13-31-26-34(25-24-30(31)12-1)47-50-48(52-49(51-47)43-28-33-15-4-5-16-36(33)38-18-7-8-19-39(38)43)35-27-32-14-3-6-17-37(32)42(29-35)40-21-11-23-45-46(40)41-20-9-10-22-44(41)53-45/h1-6,8-17,19-29H,7,18H2. The Kier molecular flexibility index (Phi) is 6.65. The largest absolute Gasteiger partial charge is 0.456 e. The van der Waals surface area contributed by atoms with Crippen LogP contribution < -0.4 is 0 Å². The predicted octanol–water partition coefficient (Wildman–Crippen LogP) is 12.9. The summed E-state index contributed by atoms with van der Waals surface area (Å²) in [6, 6.07) is 53.4. The van der Waals surface area contributed by atoms with Crippen molar-refractivity contribution in [2.75, 3.05) is 0 Å². The lowest BCUT2D eigenvalue weighted by molar-refractivity contribution is 0.669. The summed E-state index contributed by atoms with van der Waals surface area (Å²) in [5.74, 6) is 1.95. The van der Waals surface area contributed by atoms with E-state index >= 15 is 0 Å². The summed E-state index contributed by atoms with van der Waals surface area (Å²) in [6.45, 7) is 0. The highest BCUT2D eigenvalue weighted by atomic mass is 16.3. The summed E-state index contributed by atoms with van der Waals surface area (Å²) in [6.07, 6.45) is 6.52. The second-order valence-electron chi connectivity index (χ2n) is 13.9. The molecule has 4 nitrogen and oxygen atoms in total. The van der Waals surface area contributed by atoms with E-state index in [1.807, 2.05) is 12.1 Å². The van der Waals surface area contributed by atoms with Gasteiger partial charge in [-0.1, -0.05) is 127 Å². The molecule has 248 valence electrons. The molecule has 0 bridgehead atoms. The van der Waals surface area contributed by atoms with Gasteiger partial charge in [-0.2, -0.15) is 0 Å². The first kappa shape index (κ1) is 29.8. The number of allylic oxidation sites excluding steroid dienone is 1. The van der Waals surface area contributed by atoms with Gasteiger partial charge in [0.15, 0.2) is 17.5 Å². The van der Waals surface area contributed by atoms with E-state index in [0.717, 1.165) is 78.8 Å². The van der Waals surface area contributed by atoms with Crippen molar-refractivity contribution in [2.45, 2.75) is 12.8 Å². The van der Waals surface area contributed by atoms with Crippen molar-refractivity contribution in [1.82, 2.24) is 15.0 Å². The Morgan fingerprint density at radius 3 is 1.96 bits per heavy atom. The Morgan fingerprint density at radius 2 is 1.09 bits per heavy atom. The lowest BCUT2D eigenvalue weighted by Crippen LogP contribution is -2.04. The normalized spacial score (nSPS) is 12.7. The number of rotatable bonds is 4. The van der Waals surface area contributed by atoms with Crippen LogP contribution in [0.15, 0.2) is 162 Å². The Balaban J connectivity index is 1.19. The Morgan fingerprint density at radius 1 is 0.434 bits per heavy atom. The number of fused-ring (bicyclic) bond motifs is 8. The maximum Gasteiger partial charge on any atom is 0.164 e. The van der Waals surface area contributed by atoms with Crippen molar-refractivity contribution in [3.05, 3.63) is 169 Å². The van der Waals surface area contributed by atoms with Crippen LogP contribution >= 0.6 is 0 Å². The van der Waals surface area contributed by atoms with Crippen LogP contribution in [0, 0.1) is 0 Å². The van der Waals surface area contributed by atoms with Gasteiger partial charge < -0.3 is 4.42 Å². The highest BCUT2D eigenvalue weighted by molar-refractivity contribution is 6.15. The van der Waals surface area contributed by atoms with E-state index in [4.69, 9.17) is 19.4 Å². The van der Waals surface area contributed by atoms with Crippen LogP contribution in [0.2, 0.25) is 0 Å². The second-order valence-corrected chi connectivity index (χ2v) is 13.9. The van der Waals surface area contributed by atoms with E-state index in [0.29, 0.717) is 17.5 Å². The first-order chi connectivity index (χ1) is 26.2. The van der Waals surface area contributed by atoms with Crippen LogP contribution in [0.5, 0.6) is 0 Å². The van der Waals surface area contributed by atoms with E-state index in [9.17, 15) is 0 Å². The molecular weight excluding hydrogens is 647 g/mol. The average molecular weight is 678 g/mol. The third kappa shape index (κ3) is 4.87. The first-order valence-corrected chi connectivity index (χ1v) is 18.2. The van der Waals surface area contributed by atoms with Crippen LogP contribution in [-0.2, 0) is 6.42 Å². The lowest BCUT2D eigenvalue weighted by atomic mass is 9.88. The van der Waals surface area contributed by atoms with Crippen molar-refractivity contribution in [2.24, 2.45) is 0 Å². The molecular formula is C49H31N3O. The molecule has 0 spiro atoms. The number of aryl methyl sites for hydroxylation is 1. The lowest BCUT2D eigenvalue weighted by Gasteiger charge is -2.19. The monoisotopic (exact) mass is 677 g/mol. The zero-order valence-corrected chi connectivity index (χ0v) is 28.8. The summed E-state index contributed by atoms with van der Waals surface area (Å²) in [4.78, 5) is 15.9. The quantitative estimate of drug-likeness (QED) is 0.186. The molecule has 10 aromatic rings. The molecule has 53 heavy (non-hydrogen) atoms. The Hall–Kier alpha value is -6.91. The molecule has 2 aromatic heterocycles. The van der Waals surface area contributed by atoms with Crippen molar-refractivity contribution in [3.63, 3.8) is 0 Å². The molecule has 0 saturated heterocycles. The molecule has 8 aromatic carbocycles. The highest BCUT2D eigenvalue weighted by Gasteiger charge is 2.21. The SMILES string of the molecule is C1=Cc2c(-c3nc(-c4ccc5ccccc5c4)nc(-c4cc(-c5cccc6oc7ccccc7c56)c5ccccc5c4)n3)cc3ccccc3c2CC1. The highest BCUT2D eigenvalue weighted by Crippen LogP contribution is 2.42. The molecule has 0 atom stereocenters. The Labute approximate surface area is 305 Å². The molecule has 2 heterocycles. The molecule has 0 fully saturated rings. The van der Waals surface area contributed by atoms with Crippen molar-refractivity contribution in [3.8, 4) is 45.3 Å². The second kappa shape index (κ2) is 11.8. The van der Waals surface area contributed by atoms with E-state index in [1.165, 1.54) is 27.3 Å². The van der Waals surface area contributed by atoms with Crippen molar-refractivity contribution >= 4 is 60.3 Å². The fourth-order valence-electron chi connectivity index (χ4n) is 8.26. The molecule has 0 unspecified atom stereocenters. The molecule has 0 saturated carbocycles. The summed E-state index contributed by atoms with van der Waals surface area (Å²) >= 11 is 0. The van der Waals surface area contributed by atoms with Gasteiger partial charge in [0.2, 0.25) is 0 Å². The molecule has 1 aliphatic rings. The van der Waals surface area contributed by atoms with E-state index < -0.39 is 0 Å². The molecule has 0 N–H and O–H groups in total. The van der Waals surface area contributed by atoms with Gasteiger partial charge in [0.1, 0.15) is 11.2 Å². The third-order valence-corrected chi connectivity index (χ3v) is 10.7. The fourth-order valence-corrected chi connectivity index (χ4v) is 8.26. The number of aromatic nitrogens is 3. The molecule has 0 aliphatic heterocycles. The van der Waals surface area contributed by atoms with Crippen LogP contribution in [0.3, 0.4) is 0 Å². The van der Waals surface area contributed by atoms with Gasteiger partial charge in [-0.05, 0) is 104 Å². The van der Waals surface area contributed by atoms with Crippen LogP contribution in [-0.4, -0.2) is 15.0 Å². The number of para-hydroxylation sites is 1. The van der Waals surface area contributed by atoms with Gasteiger partial charge in [0.25, 0.3) is 0 Å². The van der Waals surface area contributed by atoms with Crippen molar-refractivity contribution < 1.29 is 4.42 Å². The van der Waals surface area contributed by atoms with E-state index in [1.54, 1.807) is 0 Å². The summed E-state index contributed by atoms with van der Waals surface area (Å²) in [7, 11) is 0. The van der Waals surface area contributed by atoms with Gasteiger partial charge in [0, 0.05) is 27.5 Å². The minimum atomic E-state index is 0.635.